The average Bonchev–Trinajstić information content (AvgIpc) is 3.06. The van der Waals surface area contributed by atoms with Crippen molar-refractivity contribution < 1.29 is 4.52 Å². The number of nitrogens with zero attached hydrogens (tertiary/aromatic N) is 2. The maximum absolute atomic E-state index is 5.35. The maximum Gasteiger partial charge on any atom is 0.141 e. The summed E-state index contributed by atoms with van der Waals surface area (Å²) in [5.74, 6) is 1.77. The van der Waals surface area contributed by atoms with Gasteiger partial charge in [-0.1, -0.05) is 55.4 Å². The van der Waals surface area contributed by atoms with Crippen molar-refractivity contribution in [3.8, 4) is 11.1 Å². The third kappa shape index (κ3) is 4.22. The van der Waals surface area contributed by atoms with E-state index in [1.165, 1.54) is 15.8 Å². The molecular formula is C23H24N2OS. The van der Waals surface area contributed by atoms with Crippen molar-refractivity contribution in [1.29, 1.82) is 0 Å². The molecule has 0 atom stereocenters. The number of hydrogen-bond acceptors (Lipinski definition) is 4. The van der Waals surface area contributed by atoms with Gasteiger partial charge in [-0.25, -0.2) is 0 Å². The highest BCUT2D eigenvalue weighted by Crippen LogP contribution is 2.36. The zero-order valence-corrected chi connectivity index (χ0v) is 17.0. The molecule has 0 unspecified atom stereocenters. The highest BCUT2D eigenvalue weighted by atomic mass is 32.2. The number of fused-ring (bicyclic) bond motifs is 1. The van der Waals surface area contributed by atoms with Crippen LogP contribution < -0.4 is 0 Å². The summed E-state index contributed by atoms with van der Waals surface area (Å²) >= 11 is 1.84. The van der Waals surface area contributed by atoms with Crippen molar-refractivity contribution in [1.82, 2.24) is 10.1 Å². The van der Waals surface area contributed by atoms with Crippen LogP contribution in [-0.4, -0.2) is 10.1 Å². The number of aromatic nitrogens is 2. The Balaban J connectivity index is 0.00000102. The van der Waals surface area contributed by atoms with E-state index in [4.69, 9.17) is 4.52 Å². The molecule has 4 rings (SSSR count). The second-order valence-corrected chi connectivity index (χ2v) is 7.04. The largest absolute Gasteiger partial charge is 0.361 e. The molecule has 138 valence electrons. The molecule has 4 aromatic rings. The monoisotopic (exact) mass is 376 g/mol. The van der Waals surface area contributed by atoms with E-state index < -0.39 is 0 Å². The van der Waals surface area contributed by atoms with Crippen LogP contribution in [0.4, 0.5) is 0 Å². The lowest BCUT2D eigenvalue weighted by Gasteiger charge is -2.10. The molecule has 0 N–H and O–H groups in total. The first kappa shape index (κ1) is 19.2. The second-order valence-electron chi connectivity index (χ2n) is 6.02. The summed E-state index contributed by atoms with van der Waals surface area (Å²) in [5.41, 5.74) is 5.39. The minimum atomic E-state index is 0.840. The van der Waals surface area contributed by atoms with Crippen LogP contribution in [0.3, 0.4) is 0 Å². The van der Waals surface area contributed by atoms with Gasteiger partial charge in [0.2, 0.25) is 0 Å². The average molecular weight is 377 g/mol. The first-order chi connectivity index (χ1) is 13.2. The van der Waals surface area contributed by atoms with Crippen molar-refractivity contribution in [2.75, 3.05) is 0 Å². The molecule has 2 aromatic heterocycles. The molecule has 0 aliphatic rings. The summed E-state index contributed by atoms with van der Waals surface area (Å²) in [7, 11) is 0. The van der Waals surface area contributed by atoms with E-state index in [9.17, 15) is 0 Å². The highest BCUT2D eigenvalue weighted by Gasteiger charge is 2.14. The summed E-state index contributed by atoms with van der Waals surface area (Å²) in [6.45, 7) is 7.93. The molecule has 0 radical (unpaired) electrons. The van der Waals surface area contributed by atoms with Crippen LogP contribution in [0.15, 0.2) is 70.2 Å². The van der Waals surface area contributed by atoms with Gasteiger partial charge in [0.1, 0.15) is 5.76 Å². The van der Waals surface area contributed by atoms with Crippen LogP contribution in [0.25, 0.3) is 22.0 Å². The Morgan fingerprint density at radius 2 is 1.74 bits per heavy atom. The van der Waals surface area contributed by atoms with E-state index in [0.29, 0.717) is 0 Å². The molecule has 0 spiro atoms. The molecular weight excluding hydrogens is 352 g/mol. The molecule has 0 fully saturated rings. The lowest BCUT2D eigenvalue weighted by atomic mass is 10.0. The molecule has 0 saturated carbocycles. The van der Waals surface area contributed by atoms with E-state index >= 15 is 0 Å². The fourth-order valence-corrected chi connectivity index (χ4v) is 4.10. The molecule has 0 bridgehead atoms. The van der Waals surface area contributed by atoms with Crippen LogP contribution in [0.5, 0.6) is 0 Å². The smallest absolute Gasteiger partial charge is 0.141 e. The van der Waals surface area contributed by atoms with Crippen LogP contribution in [0.2, 0.25) is 0 Å². The minimum absolute atomic E-state index is 0.840. The number of thioether (sulfide) groups is 1. The van der Waals surface area contributed by atoms with E-state index in [1.54, 1.807) is 0 Å². The first-order valence-electron chi connectivity index (χ1n) is 9.21. The van der Waals surface area contributed by atoms with Crippen LogP contribution >= 0.6 is 11.8 Å². The molecule has 2 heterocycles. The van der Waals surface area contributed by atoms with Crippen molar-refractivity contribution in [2.24, 2.45) is 0 Å². The quantitative estimate of drug-likeness (QED) is 0.366. The Morgan fingerprint density at radius 3 is 2.44 bits per heavy atom. The van der Waals surface area contributed by atoms with Crippen molar-refractivity contribution >= 4 is 22.7 Å². The third-order valence-electron chi connectivity index (χ3n) is 4.24. The summed E-state index contributed by atoms with van der Waals surface area (Å²) in [5, 5.41) is 5.27. The standard InChI is InChI=1S/C21H18N2OS.C2H6/c1-14-21(15(2)24-23-14)17-11-19-18(9-6-10-22-19)20(12-17)25-13-16-7-4-3-5-8-16;1-2/h3-12H,13H2,1-2H3;1-2H3. The Hall–Kier alpha value is -2.59. The van der Waals surface area contributed by atoms with Gasteiger partial charge in [0.05, 0.1) is 11.2 Å². The van der Waals surface area contributed by atoms with E-state index in [1.807, 2.05) is 57.8 Å². The summed E-state index contributed by atoms with van der Waals surface area (Å²) in [4.78, 5) is 5.79. The van der Waals surface area contributed by atoms with Crippen LogP contribution in [0.1, 0.15) is 30.9 Å². The molecule has 3 nitrogen and oxygen atoms in total. The van der Waals surface area contributed by atoms with E-state index in [2.05, 4.69) is 52.6 Å². The molecule has 0 saturated heterocycles. The minimum Gasteiger partial charge on any atom is -0.361 e. The van der Waals surface area contributed by atoms with Gasteiger partial charge in [-0.3, -0.25) is 4.98 Å². The van der Waals surface area contributed by atoms with Gasteiger partial charge in [0, 0.05) is 27.8 Å². The summed E-state index contributed by atoms with van der Waals surface area (Å²) < 4.78 is 5.35. The fraction of sp³-hybridized carbons (Fsp3) is 0.217. The third-order valence-corrected chi connectivity index (χ3v) is 5.37. The van der Waals surface area contributed by atoms with Crippen molar-refractivity contribution in [3.05, 3.63) is 77.8 Å². The van der Waals surface area contributed by atoms with Gasteiger partial charge in [0.15, 0.2) is 0 Å². The number of benzene rings is 2. The van der Waals surface area contributed by atoms with Crippen LogP contribution in [0, 0.1) is 13.8 Å². The predicted octanol–water partition coefficient (Wildman–Crippen LogP) is 6.83. The number of pyridine rings is 1. The van der Waals surface area contributed by atoms with Gasteiger partial charge in [-0.05, 0) is 43.2 Å². The van der Waals surface area contributed by atoms with E-state index in [0.717, 1.165) is 33.9 Å². The predicted molar refractivity (Wildman–Crippen MR) is 114 cm³/mol. The zero-order chi connectivity index (χ0) is 19.2. The lowest BCUT2D eigenvalue weighted by molar-refractivity contribution is 0.393. The van der Waals surface area contributed by atoms with E-state index in [-0.39, 0.29) is 0 Å². The Bertz CT molecular complexity index is 1010. The van der Waals surface area contributed by atoms with Gasteiger partial charge < -0.3 is 4.52 Å². The molecule has 27 heavy (non-hydrogen) atoms. The number of rotatable bonds is 4. The molecule has 0 aliphatic heterocycles. The number of aryl methyl sites for hydroxylation is 2. The molecule has 0 aliphatic carbocycles. The number of hydrogen-bond donors (Lipinski definition) is 0. The van der Waals surface area contributed by atoms with Crippen molar-refractivity contribution in [2.45, 2.75) is 38.3 Å². The van der Waals surface area contributed by atoms with Gasteiger partial charge in [0.25, 0.3) is 0 Å². The molecule has 2 aromatic carbocycles. The van der Waals surface area contributed by atoms with Gasteiger partial charge in [-0.2, -0.15) is 0 Å². The normalized spacial score (nSPS) is 10.5. The first-order valence-corrected chi connectivity index (χ1v) is 10.2. The lowest BCUT2D eigenvalue weighted by Crippen LogP contribution is -1.88. The summed E-state index contributed by atoms with van der Waals surface area (Å²) in [6, 6.07) is 19.0. The maximum atomic E-state index is 5.35. The fourth-order valence-electron chi connectivity index (χ4n) is 3.04. The molecule has 4 heteroatoms. The zero-order valence-electron chi connectivity index (χ0n) is 16.2. The second kappa shape index (κ2) is 8.87. The molecule has 0 amide bonds. The summed E-state index contributed by atoms with van der Waals surface area (Å²) in [6.07, 6.45) is 1.84. The Morgan fingerprint density at radius 1 is 0.963 bits per heavy atom. The Kier molecular flexibility index (Phi) is 6.30. The van der Waals surface area contributed by atoms with Gasteiger partial charge >= 0.3 is 0 Å². The van der Waals surface area contributed by atoms with Crippen LogP contribution in [-0.2, 0) is 5.75 Å². The van der Waals surface area contributed by atoms with Gasteiger partial charge in [-0.15, -0.1) is 11.8 Å². The SMILES string of the molecule is CC.Cc1noc(C)c1-c1cc(SCc2ccccc2)c2cccnc2c1. The van der Waals surface area contributed by atoms with Crippen molar-refractivity contribution in [3.63, 3.8) is 0 Å². The highest BCUT2D eigenvalue weighted by molar-refractivity contribution is 7.98. The Labute approximate surface area is 164 Å². The topological polar surface area (TPSA) is 38.9 Å².